The van der Waals surface area contributed by atoms with Crippen LogP contribution in [0.15, 0.2) is 60.0 Å². The summed E-state index contributed by atoms with van der Waals surface area (Å²) in [6, 6.07) is 15.2. The second-order valence-electron chi connectivity index (χ2n) is 6.36. The van der Waals surface area contributed by atoms with Crippen molar-refractivity contribution >= 4 is 56.1 Å². The summed E-state index contributed by atoms with van der Waals surface area (Å²) in [4.78, 5) is 37.6. The quantitative estimate of drug-likeness (QED) is 0.305. The third-order valence-electron chi connectivity index (χ3n) is 4.48. The Kier molecular flexibility index (Phi) is 5.32. The molecule has 3 aromatic carbocycles. The standard InChI is InChI=1S/C20H11ClN4O5S/c21-18-15(8-12(24(27)28)9-17(18)25(29)30)19(26)23-20-22-16(10-31-20)14-7-3-5-11-4-1-2-6-13(11)14/h1-10H,(H,22,23,26). The molecule has 0 saturated carbocycles. The molecular formula is C20H11ClN4O5S. The molecule has 11 heteroatoms. The number of nitro groups is 2. The maximum Gasteiger partial charge on any atom is 0.295 e. The van der Waals surface area contributed by atoms with Crippen molar-refractivity contribution in [2.75, 3.05) is 5.32 Å². The number of amides is 1. The molecule has 0 fully saturated rings. The van der Waals surface area contributed by atoms with Crippen LogP contribution in [0.25, 0.3) is 22.0 Å². The summed E-state index contributed by atoms with van der Waals surface area (Å²) >= 11 is 7.11. The molecule has 9 nitrogen and oxygen atoms in total. The maximum atomic E-state index is 12.7. The molecule has 0 bridgehead atoms. The minimum absolute atomic E-state index is 0.221. The Morgan fingerprint density at radius 2 is 1.77 bits per heavy atom. The number of aromatic nitrogens is 1. The van der Waals surface area contributed by atoms with Crippen LogP contribution in [0.4, 0.5) is 16.5 Å². The van der Waals surface area contributed by atoms with Gasteiger partial charge in [-0.2, -0.15) is 0 Å². The highest BCUT2D eigenvalue weighted by molar-refractivity contribution is 7.14. The van der Waals surface area contributed by atoms with Gasteiger partial charge in [0.15, 0.2) is 5.13 Å². The molecule has 1 heterocycles. The highest BCUT2D eigenvalue weighted by atomic mass is 35.5. The van der Waals surface area contributed by atoms with Gasteiger partial charge in [-0.05, 0) is 10.8 Å². The van der Waals surface area contributed by atoms with E-state index in [0.29, 0.717) is 11.8 Å². The van der Waals surface area contributed by atoms with Crippen molar-refractivity contribution in [3.05, 3.63) is 90.8 Å². The molecule has 31 heavy (non-hydrogen) atoms. The average molecular weight is 455 g/mol. The van der Waals surface area contributed by atoms with Gasteiger partial charge in [-0.3, -0.25) is 30.3 Å². The average Bonchev–Trinajstić information content (AvgIpc) is 3.21. The largest absolute Gasteiger partial charge is 0.298 e. The Hall–Kier alpha value is -3.89. The lowest BCUT2D eigenvalue weighted by atomic mass is 10.0. The number of nitrogens with one attached hydrogen (secondary N) is 1. The van der Waals surface area contributed by atoms with Crippen LogP contribution in [0.2, 0.25) is 5.02 Å². The zero-order valence-electron chi connectivity index (χ0n) is 15.4. The lowest BCUT2D eigenvalue weighted by Crippen LogP contribution is -2.13. The van der Waals surface area contributed by atoms with E-state index in [1.54, 1.807) is 5.38 Å². The smallest absolute Gasteiger partial charge is 0.295 e. The molecule has 4 rings (SSSR count). The van der Waals surface area contributed by atoms with Crippen LogP contribution in [0.3, 0.4) is 0 Å². The number of halogens is 1. The number of carbonyl (C=O) groups is 1. The molecule has 0 saturated heterocycles. The Labute approximate surface area is 183 Å². The zero-order valence-corrected chi connectivity index (χ0v) is 17.0. The fourth-order valence-electron chi connectivity index (χ4n) is 3.07. The second-order valence-corrected chi connectivity index (χ2v) is 7.60. The Morgan fingerprint density at radius 1 is 1.03 bits per heavy atom. The number of rotatable bonds is 5. The number of carbonyl (C=O) groups excluding carboxylic acids is 1. The van der Waals surface area contributed by atoms with E-state index in [2.05, 4.69) is 10.3 Å². The first-order valence-corrected chi connectivity index (χ1v) is 9.98. The van der Waals surface area contributed by atoms with E-state index in [1.165, 1.54) is 0 Å². The Balaban J connectivity index is 1.67. The summed E-state index contributed by atoms with van der Waals surface area (Å²) in [6.45, 7) is 0. The second kappa shape index (κ2) is 8.09. The van der Waals surface area contributed by atoms with Gasteiger partial charge in [-0.1, -0.05) is 54.1 Å². The van der Waals surface area contributed by atoms with Crippen molar-refractivity contribution in [2.45, 2.75) is 0 Å². The molecule has 1 aromatic heterocycles. The lowest BCUT2D eigenvalue weighted by Gasteiger charge is -2.05. The summed E-state index contributed by atoms with van der Waals surface area (Å²) < 4.78 is 0. The van der Waals surface area contributed by atoms with E-state index < -0.39 is 32.2 Å². The SMILES string of the molecule is O=C(Nc1nc(-c2cccc3ccccc23)cs1)c1cc([N+](=O)[O-])cc([N+](=O)[O-])c1Cl. The number of anilines is 1. The molecule has 0 atom stereocenters. The third kappa shape index (κ3) is 3.93. The molecule has 0 aliphatic carbocycles. The van der Waals surface area contributed by atoms with Crippen molar-refractivity contribution in [1.29, 1.82) is 0 Å². The normalized spacial score (nSPS) is 10.7. The molecule has 1 amide bonds. The van der Waals surface area contributed by atoms with Gasteiger partial charge >= 0.3 is 0 Å². The van der Waals surface area contributed by atoms with Gasteiger partial charge in [0.2, 0.25) is 0 Å². The van der Waals surface area contributed by atoms with Gasteiger partial charge in [-0.25, -0.2) is 4.98 Å². The number of thiazole rings is 1. The fourth-order valence-corrected chi connectivity index (χ4v) is 4.04. The number of non-ortho nitro benzene ring substituents is 1. The van der Waals surface area contributed by atoms with E-state index in [9.17, 15) is 25.0 Å². The lowest BCUT2D eigenvalue weighted by molar-refractivity contribution is -0.394. The number of hydrogen-bond donors (Lipinski definition) is 1. The number of benzene rings is 3. The van der Waals surface area contributed by atoms with Crippen LogP contribution in [0.1, 0.15) is 10.4 Å². The number of fused-ring (bicyclic) bond motifs is 1. The molecule has 0 aliphatic heterocycles. The van der Waals surface area contributed by atoms with Crippen LogP contribution >= 0.6 is 22.9 Å². The number of nitro benzene ring substituents is 2. The molecule has 0 aliphatic rings. The summed E-state index contributed by atoms with van der Waals surface area (Å²) in [5.41, 5.74) is -0.218. The fraction of sp³-hybridized carbons (Fsp3) is 0. The maximum absolute atomic E-state index is 12.7. The van der Waals surface area contributed by atoms with E-state index in [0.717, 1.165) is 33.7 Å². The van der Waals surface area contributed by atoms with Gasteiger partial charge in [0.25, 0.3) is 17.3 Å². The van der Waals surface area contributed by atoms with Crippen molar-refractivity contribution in [2.24, 2.45) is 0 Å². The molecule has 0 radical (unpaired) electrons. The van der Waals surface area contributed by atoms with Gasteiger partial charge in [-0.15, -0.1) is 11.3 Å². The zero-order chi connectivity index (χ0) is 22.1. The third-order valence-corrected chi connectivity index (χ3v) is 5.64. The van der Waals surface area contributed by atoms with Crippen molar-refractivity contribution in [1.82, 2.24) is 4.98 Å². The highest BCUT2D eigenvalue weighted by Gasteiger charge is 2.26. The molecular weight excluding hydrogens is 444 g/mol. The summed E-state index contributed by atoms with van der Waals surface area (Å²) in [5, 5.41) is 28.3. The van der Waals surface area contributed by atoms with Crippen molar-refractivity contribution in [3.63, 3.8) is 0 Å². The Morgan fingerprint density at radius 3 is 2.52 bits per heavy atom. The molecule has 154 valence electrons. The van der Waals surface area contributed by atoms with Crippen LogP contribution in [0.5, 0.6) is 0 Å². The summed E-state index contributed by atoms with van der Waals surface area (Å²) in [5.74, 6) is -0.837. The molecule has 1 N–H and O–H groups in total. The van der Waals surface area contributed by atoms with Gasteiger partial charge in [0.1, 0.15) is 5.02 Å². The molecule has 4 aromatic rings. The van der Waals surface area contributed by atoms with Gasteiger partial charge < -0.3 is 0 Å². The van der Waals surface area contributed by atoms with E-state index in [1.807, 2.05) is 42.5 Å². The predicted octanol–water partition coefficient (Wildman–Crippen LogP) is 5.69. The first kappa shape index (κ1) is 20.4. The molecule has 0 spiro atoms. The minimum atomic E-state index is -0.881. The van der Waals surface area contributed by atoms with E-state index >= 15 is 0 Å². The first-order valence-electron chi connectivity index (χ1n) is 8.72. The Bertz CT molecular complexity index is 1370. The molecule has 0 unspecified atom stereocenters. The summed E-state index contributed by atoms with van der Waals surface area (Å²) in [6.07, 6.45) is 0. The minimum Gasteiger partial charge on any atom is -0.298 e. The number of hydrogen-bond acceptors (Lipinski definition) is 7. The van der Waals surface area contributed by atoms with Crippen LogP contribution in [-0.4, -0.2) is 20.7 Å². The van der Waals surface area contributed by atoms with Gasteiger partial charge in [0, 0.05) is 17.0 Å². The highest BCUT2D eigenvalue weighted by Crippen LogP contribution is 2.34. The summed E-state index contributed by atoms with van der Waals surface area (Å²) in [7, 11) is 0. The number of nitrogens with zero attached hydrogens (tertiary/aromatic N) is 3. The topological polar surface area (TPSA) is 128 Å². The monoisotopic (exact) mass is 454 g/mol. The predicted molar refractivity (Wildman–Crippen MR) is 118 cm³/mol. The van der Waals surface area contributed by atoms with Crippen molar-refractivity contribution in [3.8, 4) is 11.3 Å². The van der Waals surface area contributed by atoms with Crippen LogP contribution in [-0.2, 0) is 0 Å². The van der Waals surface area contributed by atoms with Crippen LogP contribution in [0, 0.1) is 20.2 Å². The van der Waals surface area contributed by atoms with E-state index in [-0.39, 0.29) is 10.7 Å². The first-order chi connectivity index (χ1) is 14.8. The van der Waals surface area contributed by atoms with E-state index in [4.69, 9.17) is 11.6 Å². The van der Waals surface area contributed by atoms with Gasteiger partial charge in [0.05, 0.1) is 27.2 Å². The van der Waals surface area contributed by atoms with Crippen LogP contribution < -0.4 is 5.32 Å². The van der Waals surface area contributed by atoms with Crippen molar-refractivity contribution < 1.29 is 14.6 Å².